The first-order valence-electron chi connectivity index (χ1n) is 6.55. The fraction of sp³-hybridized carbons (Fsp3) is 0.533. The topological polar surface area (TPSA) is 41.1 Å². The molecular formula is C15H23FN2O. The van der Waals surface area contributed by atoms with E-state index in [1.807, 2.05) is 0 Å². The van der Waals surface area contributed by atoms with Crippen LogP contribution >= 0.6 is 0 Å². The Morgan fingerprint density at radius 2 is 2.05 bits per heavy atom. The Balaban J connectivity index is 2.33. The summed E-state index contributed by atoms with van der Waals surface area (Å²) in [5.41, 5.74) is 0.696. The van der Waals surface area contributed by atoms with E-state index in [1.165, 1.54) is 12.1 Å². The summed E-state index contributed by atoms with van der Waals surface area (Å²) in [4.78, 5) is 11.7. The van der Waals surface area contributed by atoms with Crippen molar-refractivity contribution in [3.05, 3.63) is 30.1 Å². The predicted molar refractivity (Wildman–Crippen MR) is 76.5 cm³/mol. The summed E-state index contributed by atoms with van der Waals surface area (Å²) >= 11 is 0. The van der Waals surface area contributed by atoms with Crippen molar-refractivity contribution < 1.29 is 9.18 Å². The second kappa shape index (κ2) is 6.66. The Morgan fingerprint density at radius 3 is 2.63 bits per heavy atom. The lowest BCUT2D eigenvalue weighted by Crippen LogP contribution is -2.34. The number of rotatable bonds is 5. The fourth-order valence-corrected chi connectivity index (χ4v) is 1.48. The van der Waals surface area contributed by atoms with E-state index in [0.717, 1.165) is 6.54 Å². The van der Waals surface area contributed by atoms with Crippen LogP contribution < -0.4 is 10.6 Å². The van der Waals surface area contributed by atoms with Gasteiger partial charge < -0.3 is 10.6 Å². The summed E-state index contributed by atoms with van der Waals surface area (Å²) in [5, 5.41) is 5.77. The number of anilines is 1. The zero-order valence-corrected chi connectivity index (χ0v) is 12.1. The first-order chi connectivity index (χ1) is 8.79. The third-order valence-corrected chi connectivity index (χ3v) is 3.32. The van der Waals surface area contributed by atoms with E-state index in [9.17, 15) is 9.18 Å². The fourth-order valence-electron chi connectivity index (χ4n) is 1.48. The lowest BCUT2D eigenvalue weighted by molar-refractivity contribution is -0.115. The van der Waals surface area contributed by atoms with Crippen molar-refractivity contribution in [2.24, 2.45) is 11.3 Å². The summed E-state index contributed by atoms with van der Waals surface area (Å²) in [6.45, 7) is 9.68. The Morgan fingerprint density at radius 1 is 1.37 bits per heavy atom. The molecule has 0 bridgehead atoms. The highest BCUT2D eigenvalue weighted by atomic mass is 19.1. The molecule has 0 saturated carbocycles. The third kappa shape index (κ3) is 5.83. The summed E-state index contributed by atoms with van der Waals surface area (Å²) in [6.07, 6.45) is 0. The maximum absolute atomic E-state index is 12.9. The molecule has 0 aliphatic heterocycles. The number of halogens is 1. The van der Waals surface area contributed by atoms with Crippen LogP contribution in [-0.2, 0) is 4.79 Å². The minimum absolute atomic E-state index is 0.160. The zero-order chi connectivity index (χ0) is 14.5. The molecule has 3 nitrogen and oxygen atoms in total. The largest absolute Gasteiger partial charge is 0.325 e. The molecule has 1 atom stereocenters. The van der Waals surface area contributed by atoms with Gasteiger partial charge in [0.05, 0.1) is 6.54 Å². The standard InChI is InChI=1S/C15H23FN2O/c1-11(15(2,3)4)9-17-10-14(19)18-13-7-5-6-12(16)8-13/h5-8,11,17H,9-10H2,1-4H3,(H,18,19). The molecule has 0 heterocycles. The van der Waals surface area contributed by atoms with Crippen LogP contribution in [0.4, 0.5) is 10.1 Å². The van der Waals surface area contributed by atoms with Crippen molar-refractivity contribution in [2.75, 3.05) is 18.4 Å². The molecule has 1 amide bonds. The van der Waals surface area contributed by atoms with Gasteiger partial charge in [-0.3, -0.25) is 4.79 Å². The van der Waals surface area contributed by atoms with E-state index in [-0.39, 0.29) is 23.7 Å². The van der Waals surface area contributed by atoms with Crippen molar-refractivity contribution >= 4 is 11.6 Å². The predicted octanol–water partition coefficient (Wildman–Crippen LogP) is 3.04. The van der Waals surface area contributed by atoms with Crippen LogP contribution in [0.3, 0.4) is 0 Å². The van der Waals surface area contributed by atoms with Crippen LogP contribution in [0.5, 0.6) is 0 Å². The molecule has 1 aromatic rings. The highest BCUT2D eigenvalue weighted by Gasteiger charge is 2.19. The SMILES string of the molecule is CC(CNCC(=O)Nc1cccc(F)c1)C(C)(C)C. The number of nitrogens with one attached hydrogen (secondary N) is 2. The molecule has 106 valence electrons. The lowest BCUT2D eigenvalue weighted by atomic mass is 9.82. The van der Waals surface area contributed by atoms with Crippen molar-refractivity contribution in [2.45, 2.75) is 27.7 Å². The highest BCUT2D eigenvalue weighted by Crippen LogP contribution is 2.24. The van der Waals surface area contributed by atoms with Crippen molar-refractivity contribution in [1.82, 2.24) is 5.32 Å². The van der Waals surface area contributed by atoms with E-state index < -0.39 is 0 Å². The van der Waals surface area contributed by atoms with Crippen molar-refractivity contribution in [3.63, 3.8) is 0 Å². The minimum Gasteiger partial charge on any atom is -0.325 e. The maximum Gasteiger partial charge on any atom is 0.238 e. The molecule has 19 heavy (non-hydrogen) atoms. The summed E-state index contributed by atoms with van der Waals surface area (Å²) in [6, 6.07) is 5.88. The number of carbonyl (C=O) groups is 1. The smallest absolute Gasteiger partial charge is 0.238 e. The first-order valence-corrected chi connectivity index (χ1v) is 6.55. The van der Waals surface area contributed by atoms with Crippen molar-refractivity contribution in [1.29, 1.82) is 0 Å². The Bertz CT molecular complexity index is 426. The molecular weight excluding hydrogens is 243 g/mol. The second-order valence-corrected chi connectivity index (χ2v) is 5.96. The number of hydrogen-bond acceptors (Lipinski definition) is 2. The van der Waals surface area contributed by atoms with E-state index in [4.69, 9.17) is 0 Å². The van der Waals surface area contributed by atoms with Crippen molar-refractivity contribution in [3.8, 4) is 0 Å². The van der Waals surface area contributed by atoms with Gasteiger partial charge in [0.2, 0.25) is 5.91 Å². The Kier molecular flexibility index (Phi) is 5.48. The number of amides is 1. The molecule has 4 heteroatoms. The molecule has 0 radical (unpaired) electrons. The molecule has 0 fully saturated rings. The van der Waals surface area contributed by atoms with Crippen LogP contribution in [0.15, 0.2) is 24.3 Å². The molecule has 0 aliphatic rings. The Labute approximate surface area is 114 Å². The van der Waals surface area contributed by atoms with E-state index in [1.54, 1.807) is 12.1 Å². The summed E-state index contributed by atoms with van der Waals surface area (Å²) in [7, 11) is 0. The summed E-state index contributed by atoms with van der Waals surface area (Å²) in [5.74, 6) is -0.0479. The van der Waals surface area contributed by atoms with Crippen LogP contribution in [-0.4, -0.2) is 19.0 Å². The van der Waals surface area contributed by atoms with Gasteiger partial charge in [-0.05, 0) is 36.1 Å². The van der Waals surface area contributed by atoms with Gasteiger partial charge in [-0.25, -0.2) is 4.39 Å². The average molecular weight is 266 g/mol. The highest BCUT2D eigenvalue weighted by molar-refractivity contribution is 5.92. The van der Waals surface area contributed by atoms with Gasteiger partial charge in [-0.2, -0.15) is 0 Å². The van der Waals surface area contributed by atoms with Gasteiger partial charge in [-0.1, -0.05) is 33.8 Å². The molecule has 0 saturated heterocycles. The van der Waals surface area contributed by atoms with E-state index in [2.05, 4.69) is 38.3 Å². The number of carbonyl (C=O) groups excluding carboxylic acids is 1. The zero-order valence-electron chi connectivity index (χ0n) is 12.1. The quantitative estimate of drug-likeness (QED) is 0.860. The lowest BCUT2D eigenvalue weighted by Gasteiger charge is -2.27. The van der Waals surface area contributed by atoms with Gasteiger partial charge in [0.15, 0.2) is 0 Å². The second-order valence-electron chi connectivity index (χ2n) is 5.96. The van der Waals surface area contributed by atoms with Crippen LogP contribution in [0.25, 0.3) is 0 Å². The summed E-state index contributed by atoms with van der Waals surface area (Å²) < 4.78 is 12.9. The van der Waals surface area contributed by atoms with Gasteiger partial charge in [-0.15, -0.1) is 0 Å². The van der Waals surface area contributed by atoms with Gasteiger partial charge in [0.1, 0.15) is 5.82 Å². The maximum atomic E-state index is 12.9. The van der Waals surface area contributed by atoms with Crippen LogP contribution in [0, 0.1) is 17.2 Å². The van der Waals surface area contributed by atoms with E-state index >= 15 is 0 Å². The van der Waals surface area contributed by atoms with Crippen LogP contribution in [0.1, 0.15) is 27.7 Å². The van der Waals surface area contributed by atoms with Gasteiger partial charge >= 0.3 is 0 Å². The van der Waals surface area contributed by atoms with E-state index in [0.29, 0.717) is 11.6 Å². The molecule has 1 rings (SSSR count). The van der Waals surface area contributed by atoms with Gasteiger partial charge in [0, 0.05) is 5.69 Å². The Hall–Kier alpha value is -1.42. The normalized spacial score (nSPS) is 13.1. The number of benzene rings is 1. The number of hydrogen-bond donors (Lipinski definition) is 2. The molecule has 1 aromatic carbocycles. The minimum atomic E-state index is -0.355. The molecule has 0 spiro atoms. The monoisotopic (exact) mass is 266 g/mol. The van der Waals surface area contributed by atoms with Gasteiger partial charge in [0.25, 0.3) is 0 Å². The third-order valence-electron chi connectivity index (χ3n) is 3.32. The molecule has 0 aliphatic carbocycles. The molecule has 2 N–H and O–H groups in total. The average Bonchev–Trinajstić information content (AvgIpc) is 2.27. The molecule has 1 unspecified atom stereocenters. The van der Waals surface area contributed by atoms with Crippen LogP contribution in [0.2, 0.25) is 0 Å². The first kappa shape index (κ1) is 15.6. The molecule has 0 aromatic heterocycles.